The Hall–Kier alpha value is -1.18. The Balaban J connectivity index is 1.10. The highest BCUT2D eigenvalue weighted by Gasteiger charge is 2.61. The number of fused-ring (bicyclic) bond motifs is 5. The molecule has 9 unspecified atom stereocenters. The summed E-state index contributed by atoms with van der Waals surface area (Å²) < 4.78 is 6.47. The van der Waals surface area contributed by atoms with Crippen LogP contribution in [0.3, 0.4) is 0 Å². The zero-order valence-electron chi connectivity index (χ0n) is 23.7. The van der Waals surface area contributed by atoms with Crippen molar-refractivity contribution in [3.8, 4) is 0 Å². The number of nitrogens with zero attached hydrogens (tertiary/aromatic N) is 1. The lowest BCUT2D eigenvalue weighted by atomic mass is 9.66. The largest absolute Gasteiger partial charge is 0.365 e. The Kier molecular flexibility index (Phi) is 6.68. The third-order valence-corrected chi connectivity index (χ3v) is 10.9. The Morgan fingerprint density at radius 1 is 1.00 bits per heavy atom. The molecule has 0 aromatic heterocycles. The highest BCUT2D eigenvalue weighted by Crippen LogP contribution is 2.54. The van der Waals surface area contributed by atoms with Crippen LogP contribution in [-0.4, -0.2) is 70.7 Å². The first-order valence-corrected chi connectivity index (χ1v) is 15.3. The van der Waals surface area contributed by atoms with Crippen molar-refractivity contribution < 1.29 is 14.3 Å². The van der Waals surface area contributed by atoms with E-state index in [9.17, 15) is 9.59 Å². The van der Waals surface area contributed by atoms with Crippen LogP contribution >= 0.6 is 0 Å². The highest BCUT2D eigenvalue weighted by molar-refractivity contribution is 5.82. The van der Waals surface area contributed by atoms with Crippen LogP contribution in [0.2, 0.25) is 0 Å². The SMILES string of the molecule is CC(OC1CCC2C(C1)C1CCNC3C4CCCCC4C(=O)N2C13)C(=O)NC1CC(C)(C)NC(C)(C)C1. The van der Waals surface area contributed by atoms with Gasteiger partial charge in [-0.15, -0.1) is 0 Å². The van der Waals surface area contributed by atoms with E-state index in [4.69, 9.17) is 4.74 Å². The number of ether oxygens (including phenoxy) is 1. The van der Waals surface area contributed by atoms with E-state index in [2.05, 4.69) is 48.5 Å². The second-order valence-corrected chi connectivity index (χ2v) is 14.7. The van der Waals surface area contributed by atoms with Gasteiger partial charge in [0, 0.05) is 35.1 Å². The van der Waals surface area contributed by atoms with E-state index in [1.807, 2.05) is 6.92 Å². The molecule has 208 valence electrons. The van der Waals surface area contributed by atoms with Gasteiger partial charge in [-0.05, 0) is 110 Å². The van der Waals surface area contributed by atoms with Crippen LogP contribution in [0.15, 0.2) is 0 Å². The topological polar surface area (TPSA) is 82.7 Å². The minimum atomic E-state index is -0.447. The molecule has 2 saturated carbocycles. The van der Waals surface area contributed by atoms with Gasteiger partial charge in [-0.1, -0.05) is 12.8 Å². The average Bonchev–Trinajstić information content (AvgIpc) is 3.15. The second-order valence-electron chi connectivity index (χ2n) is 14.7. The predicted molar refractivity (Wildman–Crippen MR) is 144 cm³/mol. The number of carbonyl (C=O) groups is 2. The van der Waals surface area contributed by atoms with Crippen molar-refractivity contribution in [3.05, 3.63) is 0 Å². The molecule has 2 amide bonds. The molecule has 7 nitrogen and oxygen atoms in total. The van der Waals surface area contributed by atoms with Crippen LogP contribution in [0.5, 0.6) is 0 Å². The molecule has 0 radical (unpaired) electrons. The molecule has 37 heavy (non-hydrogen) atoms. The zero-order chi connectivity index (χ0) is 26.1. The number of amides is 2. The third kappa shape index (κ3) is 4.75. The standard InChI is InChI=1S/C30H50N4O3/c1-17(27(35)32-18-15-29(2,3)33-30(4,5)16-18)37-19-10-11-24-23(14-19)21-12-13-31-25-20-8-6-7-9-22(20)28(36)34(24)26(21)25/h17-26,31,33H,6-16H2,1-5H3,(H,32,35). The summed E-state index contributed by atoms with van der Waals surface area (Å²) in [5.74, 6) is 2.35. The monoisotopic (exact) mass is 514 g/mol. The molecular formula is C30H50N4O3. The molecule has 6 rings (SSSR count). The molecule has 4 saturated heterocycles. The molecule has 9 atom stereocenters. The molecule has 0 aromatic rings. The number of hydrogen-bond donors (Lipinski definition) is 3. The molecule has 0 aromatic carbocycles. The van der Waals surface area contributed by atoms with E-state index in [1.165, 1.54) is 19.3 Å². The van der Waals surface area contributed by atoms with E-state index in [0.29, 0.717) is 41.8 Å². The molecular weight excluding hydrogens is 464 g/mol. The summed E-state index contributed by atoms with van der Waals surface area (Å²) in [7, 11) is 0. The van der Waals surface area contributed by atoms with Crippen LogP contribution in [0, 0.1) is 23.7 Å². The summed E-state index contributed by atoms with van der Waals surface area (Å²) in [6.45, 7) is 11.9. The second kappa shape index (κ2) is 9.48. The summed E-state index contributed by atoms with van der Waals surface area (Å²) in [4.78, 5) is 29.3. The smallest absolute Gasteiger partial charge is 0.249 e. The van der Waals surface area contributed by atoms with Gasteiger partial charge in [0.15, 0.2) is 0 Å². The predicted octanol–water partition coefficient (Wildman–Crippen LogP) is 3.36. The van der Waals surface area contributed by atoms with Crippen LogP contribution in [0.25, 0.3) is 0 Å². The van der Waals surface area contributed by atoms with Crippen molar-refractivity contribution in [2.45, 2.75) is 146 Å². The van der Waals surface area contributed by atoms with Gasteiger partial charge < -0.3 is 25.6 Å². The first-order chi connectivity index (χ1) is 17.5. The Morgan fingerprint density at radius 2 is 1.73 bits per heavy atom. The third-order valence-electron chi connectivity index (χ3n) is 10.9. The quantitative estimate of drug-likeness (QED) is 0.536. The fourth-order valence-electron chi connectivity index (χ4n) is 10.0. The van der Waals surface area contributed by atoms with E-state index in [0.717, 1.165) is 51.5 Å². The van der Waals surface area contributed by atoms with Crippen molar-refractivity contribution >= 4 is 11.8 Å². The first kappa shape index (κ1) is 26.1. The van der Waals surface area contributed by atoms with Crippen LogP contribution in [0.4, 0.5) is 0 Å². The van der Waals surface area contributed by atoms with E-state index in [-0.39, 0.29) is 35.0 Å². The van der Waals surface area contributed by atoms with Gasteiger partial charge in [0.25, 0.3) is 0 Å². The summed E-state index contributed by atoms with van der Waals surface area (Å²) in [6, 6.07) is 1.39. The summed E-state index contributed by atoms with van der Waals surface area (Å²) in [6.07, 6.45) is 10.4. The molecule has 6 aliphatic rings. The summed E-state index contributed by atoms with van der Waals surface area (Å²) in [5, 5.41) is 10.9. The van der Waals surface area contributed by atoms with Gasteiger partial charge in [0.2, 0.25) is 11.8 Å². The molecule has 0 spiro atoms. The highest BCUT2D eigenvalue weighted by atomic mass is 16.5. The zero-order valence-corrected chi connectivity index (χ0v) is 23.7. The maximum absolute atomic E-state index is 13.8. The lowest BCUT2D eigenvalue weighted by molar-refractivity contribution is -0.152. The molecule has 6 fully saturated rings. The molecule has 0 bridgehead atoms. The van der Waals surface area contributed by atoms with E-state index >= 15 is 0 Å². The number of hydrogen-bond acceptors (Lipinski definition) is 5. The number of rotatable bonds is 4. The number of carbonyl (C=O) groups excluding carboxylic acids is 2. The maximum Gasteiger partial charge on any atom is 0.249 e. The molecule has 3 N–H and O–H groups in total. The molecule has 4 heterocycles. The minimum Gasteiger partial charge on any atom is -0.365 e. The van der Waals surface area contributed by atoms with Gasteiger partial charge in [-0.3, -0.25) is 9.59 Å². The normalized spacial score (nSPS) is 43.4. The molecule has 2 aliphatic carbocycles. The van der Waals surface area contributed by atoms with Gasteiger partial charge in [0.05, 0.1) is 12.1 Å². The lowest BCUT2D eigenvalue weighted by Crippen LogP contribution is -2.66. The summed E-state index contributed by atoms with van der Waals surface area (Å²) in [5.41, 5.74) is -0.00315. The van der Waals surface area contributed by atoms with Crippen LogP contribution in [0.1, 0.15) is 98.8 Å². The fourth-order valence-corrected chi connectivity index (χ4v) is 10.0. The van der Waals surface area contributed by atoms with Crippen molar-refractivity contribution in [2.24, 2.45) is 23.7 Å². The Bertz CT molecular complexity index is 889. The van der Waals surface area contributed by atoms with Crippen LogP contribution < -0.4 is 16.0 Å². The average molecular weight is 515 g/mol. The van der Waals surface area contributed by atoms with Crippen molar-refractivity contribution in [3.63, 3.8) is 0 Å². The van der Waals surface area contributed by atoms with Crippen molar-refractivity contribution in [2.75, 3.05) is 6.54 Å². The Labute approximate surface area is 223 Å². The maximum atomic E-state index is 13.8. The Morgan fingerprint density at radius 3 is 2.49 bits per heavy atom. The molecule has 4 aliphatic heterocycles. The fraction of sp³-hybridized carbons (Fsp3) is 0.933. The number of piperidine rings is 3. The first-order valence-electron chi connectivity index (χ1n) is 15.3. The van der Waals surface area contributed by atoms with E-state index in [1.54, 1.807) is 0 Å². The minimum absolute atomic E-state index is 0.00157. The van der Waals surface area contributed by atoms with Gasteiger partial charge in [-0.2, -0.15) is 0 Å². The van der Waals surface area contributed by atoms with Crippen molar-refractivity contribution in [1.29, 1.82) is 0 Å². The number of nitrogens with one attached hydrogen (secondary N) is 3. The lowest BCUT2D eigenvalue weighted by Gasteiger charge is -2.52. The molecule has 7 heteroatoms. The van der Waals surface area contributed by atoms with E-state index < -0.39 is 6.10 Å². The summed E-state index contributed by atoms with van der Waals surface area (Å²) >= 11 is 0. The van der Waals surface area contributed by atoms with Gasteiger partial charge >= 0.3 is 0 Å². The van der Waals surface area contributed by atoms with Crippen LogP contribution in [-0.2, 0) is 14.3 Å². The van der Waals surface area contributed by atoms with Gasteiger partial charge in [0.1, 0.15) is 6.10 Å². The van der Waals surface area contributed by atoms with Crippen molar-refractivity contribution in [1.82, 2.24) is 20.9 Å². The van der Waals surface area contributed by atoms with Gasteiger partial charge in [-0.25, -0.2) is 0 Å².